The van der Waals surface area contributed by atoms with Crippen molar-refractivity contribution in [3.05, 3.63) is 40.5 Å². The second-order valence-electron chi connectivity index (χ2n) is 3.98. The van der Waals surface area contributed by atoms with Gasteiger partial charge in [0.1, 0.15) is 5.75 Å². The van der Waals surface area contributed by atoms with E-state index in [0.717, 1.165) is 6.07 Å². The van der Waals surface area contributed by atoms with Gasteiger partial charge in [0.05, 0.1) is 4.47 Å². The van der Waals surface area contributed by atoms with E-state index in [0.29, 0.717) is 16.8 Å². The van der Waals surface area contributed by atoms with Gasteiger partial charge in [0.25, 0.3) is 0 Å². The maximum Gasteiger partial charge on any atom is 0.433 e. The van der Waals surface area contributed by atoms with Gasteiger partial charge in [-0.2, -0.15) is 18.2 Å². The SMILES string of the molecule is CCNc1nc(Oc2ccccc2Br)cc(C(F)(F)F)n1. The third-order valence-electron chi connectivity index (χ3n) is 2.38. The zero-order valence-electron chi connectivity index (χ0n) is 10.9. The molecule has 0 fully saturated rings. The zero-order valence-corrected chi connectivity index (χ0v) is 12.5. The van der Waals surface area contributed by atoms with Crippen molar-refractivity contribution in [1.29, 1.82) is 0 Å². The average Bonchev–Trinajstić information content (AvgIpc) is 2.41. The number of ether oxygens (including phenoxy) is 1. The van der Waals surface area contributed by atoms with Crippen LogP contribution >= 0.6 is 15.9 Å². The lowest BCUT2D eigenvalue weighted by molar-refractivity contribution is -0.141. The molecule has 0 aliphatic carbocycles. The summed E-state index contributed by atoms with van der Waals surface area (Å²) >= 11 is 3.25. The van der Waals surface area contributed by atoms with E-state index in [1.54, 1.807) is 31.2 Å². The molecule has 0 spiro atoms. The largest absolute Gasteiger partial charge is 0.438 e. The lowest BCUT2D eigenvalue weighted by Crippen LogP contribution is -2.12. The monoisotopic (exact) mass is 361 g/mol. The van der Waals surface area contributed by atoms with E-state index in [9.17, 15) is 13.2 Å². The van der Waals surface area contributed by atoms with Gasteiger partial charge < -0.3 is 10.1 Å². The van der Waals surface area contributed by atoms with Crippen molar-refractivity contribution in [2.45, 2.75) is 13.1 Å². The standard InChI is InChI=1S/C13H11BrF3N3O/c1-2-18-12-19-10(13(15,16)17)7-11(20-12)21-9-6-4-3-5-8(9)14/h3-7H,2H2,1H3,(H,18,19,20). The molecule has 1 aromatic heterocycles. The molecule has 1 aromatic carbocycles. The fourth-order valence-corrected chi connectivity index (χ4v) is 1.87. The summed E-state index contributed by atoms with van der Waals surface area (Å²) in [7, 11) is 0. The van der Waals surface area contributed by atoms with Crippen molar-refractivity contribution >= 4 is 21.9 Å². The predicted octanol–water partition coefficient (Wildman–Crippen LogP) is 4.48. The van der Waals surface area contributed by atoms with Crippen LogP contribution in [0, 0.1) is 0 Å². The van der Waals surface area contributed by atoms with Crippen molar-refractivity contribution in [3.8, 4) is 11.6 Å². The molecule has 1 heterocycles. The molecule has 0 atom stereocenters. The third-order valence-corrected chi connectivity index (χ3v) is 3.03. The van der Waals surface area contributed by atoms with Gasteiger partial charge in [0.15, 0.2) is 5.69 Å². The summed E-state index contributed by atoms with van der Waals surface area (Å²) in [4.78, 5) is 7.33. The van der Waals surface area contributed by atoms with E-state index in [4.69, 9.17) is 4.74 Å². The van der Waals surface area contributed by atoms with Crippen LogP contribution in [-0.4, -0.2) is 16.5 Å². The van der Waals surface area contributed by atoms with E-state index in [2.05, 4.69) is 31.2 Å². The van der Waals surface area contributed by atoms with Crippen LogP contribution in [0.25, 0.3) is 0 Å². The number of benzene rings is 1. The normalized spacial score (nSPS) is 11.3. The Hall–Kier alpha value is -1.83. The highest BCUT2D eigenvalue weighted by Crippen LogP contribution is 2.33. The highest BCUT2D eigenvalue weighted by molar-refractivity contribution is 9.10. The van der Waals surface area contributed by atoms with Crippen LogP contribution in [0.3, 0.4) is 0 Å². The Morgan fingerprint density at radius 3 is 2.57 bits per heavy atom. The number of halogens is 4. The van der Waals surface area contributed by atoms with Gasteiger partial charge >= 0.3 is 6.18 Å². The maximum absolute atomic E-state index is 12.8. The Balaban J connectivity index is 2.38. The summed E-state index contributed by atoms with van der Waals surface area (Å²) < 4.78 is 44.5. The van der Waals surface area contributed by atoms with E-state index in [1.165, 1.54) is 0 Å². The number of nitrogens with one attached hydrogen (secondary N) is 1. The van der Waals surface area contributed by atoms with Gasteiger partial charge in [-0.3, -0.25) is 0 Å². The summed E-state index contributed by atoms with van der Waals surface area (Å²) in [5.74, 6) is 0.0568. The molecule has 0 bridgehead atoms. The Labute approximate surface area is 127 Å². The number of hydrogen-bond donors (Lipinski definition) is 1. The molecule has 1 N–H and O–H groups in total. The van der Waals surface area contributed by atoms with Crippen molar-refractivity contribution in [2.24, 2.45) is 0 Å². The van der Waals surface area contributed by atoms with Gasteiger partial charge in [0, 0.05) is 12.6 Å². The number of aromatic nitrogens is 2. The molecular weight excluding hydrogens is 351 g/mol. The number of alkyl halides is 3. The second-order valence-corrected chi connectivity index (χ2v) is 4.83. The molecule has 4 nitrogen and oxygen atoms in total. The minimum atomic E-state index is -4.57. The lowest BCUT2D eigenvalue weighted by atomic mass is 10.3. The fraction of sp³-hybridized carbons (Fsp3) is 0.231. The summed E-state index contributed by atoms with van der Waals surface area (Å²) in [6.45, 7) is 2.13. The Kier molecular flexibility index (Phi) is 4.66. The number of nitrogens with zero attached hydrogens (tertiary/aromatic N) is 2. The molecule has 0 saturated carbocycles. The Morgan fingerprint density at radius 2 is 1.95 bits per heavy atom. The third kappa shape index (κ3) is 4.07. The van der Waals surface area contributed by atoms with Crippen LogP contribution in [0.15, 0.2) is 34.8 Å². The van der Waals surface area contributed by atoms with Crippen LogP contribution in [-0.2, 0) is 6.18 Å². The second kappa shape index (κ2) is 6.30. The minimum absolute atomic E-state index is 0.130. The first-order chi connectivity index (χ1) is 9.90. The molecule has 2 aromatic rings. The molecular formula is C13H11BrF3N3O. The first-order valence-electron chi connectivity index (χ1n) is 6.02. The highest BCUT2D eigenvalue weighted by Gasteiger charge is 2.34. The van der Waals surface area contributed by atoms with Gasteiger partial charge in [-0.05, 0) is 35.0 Å². The topological polar surface area (TPSA) is 47.0 Å². The molecule has 8 heteroatoms. The lowest BCUT2D eigenvalue weighted by Gasteiger charge is -2.12. The highest BCUT2D eigenvalue weighted by atomic mass is 79.9. The van der Waals surface area contributed by atoms with Gasteiger partial charge in [-0.25, -0.2) is 4.98 Å². The number of para-hydroxylation sites is 1. The van der Waals surface area contributed by atoms with Gasteiger partial charge in [0.2, 0.25) is 11.8 Å². The van der Waals surface area contributed by atoms with Crippen LogP contribution in [0.4, 0.5) is 19.1 Å². The van der Waals surface area contributed by atoms with Gasteiger partial charge in [-0.1, -0.05) is 12.1 Å². The molecule has 0 aliphatic heterocycles. The summed E-state index contributed by atoms with van der Waals surface area (Å²) in [5, 5.41) is 2.65. The zero-order chi connectivity index (χ0) is 15.5. The predicted molar refractivity (Wildman–Crippen MR) is 75.4 cm³/mol. The van der Waals surface area contributed by atoms with Crippen molar-refractivity contribution in [1.82, 2.24) is 9.97 Å². The fourth-order valence-electron chi connectivity index (χ4n) is 1.50. The molecule has 0 unspecified atom stereocenters. The van der Waals surface area contributed by atoms with Crippen LogP contribution in [0.2, 0.25) is 0 Å². The number of anilines is 1. The summed E-state index contributed by atoms with van der Waals surface area (Å²) in [6.07, 6.45) is -4.57. The minimum Gasteiger partial charge on any atom is -0.438 e. The first-order valence-corrected chi connectivity index (χ1v) is 6.82. The quantitative estimate of drug-likeness (QED) is 0.871. The average molecular weight is 362 g/mol. The van der Waals surface area contributed by atoms with Crippen LogP contribution < -0.4 is 10.1 Å². The summed E-state index contributed by atoms with van der Waals surface area (Å²) in [6, 6.07) is 7.57. The maximum atomic E-state index is 12.8. The molecule has 2 rings (SSSR count). The molecule has 0 radical (unpaired) electrons. The summed E-state index contributed by atoms with van der Waals surface area (Å²) in [5.41, 5.74) is -1.06. The van der Waals surface area contributed by atoms with E-state index < -0.39 is 11.9 Å². The smallest absolute Gasteiger partial charge is 0.433 e. The number of hydrogen-bond acceptors (Lipinski definition) is 4. The van der Waals surface area contributed by atoms with E-state index in [1.807, 2.05) is 0 Å². The Bertz CT molecular complexity index is 634. The van der Waals surface area contributed by atoms with Crippen molar-refractivity contribution in [2.75, 3.05) is 11.9 Å². The van der Waals surface area contributed by atoms with Crippen molar-refractivity contribution < 1.29 is 17.9 Å². The first kappa shape index (κ1) is 15.6. The van der Waals surface area contributed by atoms with Crippen LogP contribution in [0.1, 0.15) is 12.6 Å². The van der Waals surface area contributed by atoms with Crippen molar-refractivity contribution in [3.63, 3.8) is 0 Å². The number of rotatable bonds is 4. The van der Waals surface area contributed by atoms with E-state index in [-0.39, 0.29) is 11.8 Å². The molecule has 112 valence electrons. The molecule has 0 aliphatic rings. The van der Waals surface area contributed by atoms with Gasteiger partial charge in [-0.15, -0.1) is 0 Å². The molecule has 0 saturated heterocycles. The van der Waals surface area contributed by atoms with E-state index >= 15 is 0 Å². The molecule has 21 heavy (non-hydrogen) atoms. The van der Waals surface area contributed by atoms with Crippen LogP contribution in [0.5, 0.6) is 11.6 Å². The Morgan fingerprint density at radius 1 is 1.24 bits per heavy atom. The molecule has 0 amide bonds.